The van der Waals surface area contributed by atoms with Crippen molar-refractivity contribution in [1.82, 2.24) is 0 Å². The molecule has 0 aliphatic carbocycles. The first-order chi connectivity index (χ1) is 12.2. The van der Waals surface area contributed by atoms with E-state index in [0.717, 1.165) is 23.3 Å². The maximum Gasteiger partial charge on any atom is 0.416 e. The molecule has 0 fully saturated rings. The van der Waals surface area contributed by atoms with Crippen LogP contribution < -0.4 is 5.32 Å². The van der Waals surface area contributed by atoms with Crippen LogP contribution in [0.3, 0.4) is 0 Å². The van der Waals surface area contributed by atoms with Crippen LogP contribution in [0.2, 0.25) is 0 Å². The second kappa shape index (κ2) is 8.03. The Labute approximate surface area is 149 Å². The van der Waals surface area contributed by atoms with Gasteiger partial charge in [0.25, 0.3) is 5.91 Å². The van der Waals surface area contributed by atoms with Gasteiger partial charge in [-0.05, 0) is 36.6 Å². The molecule has 0 bridgehead atoms. The fourth-order valence-corrected chi connectivity index (χ4v) is 2.41. The number of para-hydroxylation sites is 1. The standard InChI is InChI=1S/C19H18F3NO3/c1-12-5-3-6-13(2)18(12)23-16(24)11-26-17(25)10-14-7-4-8-15(9-14)19(20,21)22/h3-9H,10-11H2,1-2H3,(H,23,24). The second-order valence-corrected chi connectivity index (χ2v) is 5.85. The van der Waals surface area contributed by atoms with Gasteiger partial charge in [0.1, 0.15) is 0 Å². The Hall–Kier alpha value is -2.83. The van der Waals surface area contributed by atoms with Crippen molar-refractivity contribution in [1.29, 1.82) is 0 Å². The summed E-state index contributed by atoms with van der Waals surface area (Å²) < 4.78 is 42.8. The number of esters is 1. The third-order valence-corrected chi connectivity index (χ3v) is 3.71. The summed E-state index contributed by atoms with van der Waals surface area (Å²) in [4.78, 5) is 23.7. The molecule has 0 radical (unpaired) electrons. The van der Waals surface area contributed by atoms with Crippen LogP contribution in [0, 0.1) is 13.8 Å². The van der Waals surface area contributed by atoms with Crippen molar-refractivity contribution in [2.24, 2.45) is 0 Å². The molecule has 0 spiro atoms. The van der Waals surface area contributed by atoms with E-state index in [1.165, 1.54) is 12.1 Å². The van der Waals surface area contributed by atoms with Crippen molar-refractivity contribution in [3.8, 4) is 0 Å². The number of benzene rings is 2. The van der Waals surface area contributed by atoms with E-state index in [1.807, 2.05) is 32.0 Å². The normalized spacial score (nSPS) is 11.1. The summed E-state index contributed by atoms with van der Waals surface area (Å²) in [5, 5.41) is 2.66. The third-order valence-electron chi connectivity index (χ3n) is 3.71. The van der Waals surface area contributed by atoms with E-state index >= 15 is 0 Å². The van der Waals surface area contributed by atoms with Crippen molar-refractivity contribution in [2.45, 2.75) is 26.4 Å². The highest BCUT2D eigenvalue weighted by Crippen LogP contribution is 2.29. The van der Waals surface area contributed by atoms with Crippen LogP contribution in [0.4, 0.5) is 18.9 Å². The summed E-state index contributed by atoms with van der Waals surface area (Å²) in [5.74, 6) is -1.29. The highest BCUT2D eigenvalue weighted by molar-refractivity contribution is 5.94. The minimum atomic E-state index is -4.48. The first-order valence-electron chi connectivity index (χ1n) is 7.84. The number of alkyl halides is 3. The number of carbonyl (C=O) groups is 2. The molecule has 0 saturated heterocycles. The lowest BCUT2D eigenvalue weighted by Gasteiger charge is -2.12. The molecule has 0 atom stereocenters. The molecule has 0 aromatic heterocycles. The molecule has 138 valence electrons. The van der Waals surface area contributed by atoms with Crippen LogP contribution in [0.5, 0.6) is 0 Å². The Morgan fingerprint density at radius 3 is 2.27 bits per heavy atom. The van der Waals surface area contributed by atoms with Gasteiger partial charge >= 0.3 is 12.1 Å². The molecular formula is C19H18F3NO3. The van der Waals surface area contributed by atoms with E-state index in [-0.39, 0.29) is 12.0 Å². The molecule has 2 aromatic carbocycles. The fraction of sp³-hybridized carbons (Fsp3) is 0.263. The largest absolute Gasteiger partial charge is 0.455 e. The van der Waals surface area contributed by atoms with E-state index in [0.29, 0.717) is 5.69 Å². The van der Waals surface area contributed by atoms with E-state index in [9.17, 15) is 22.8 Å². The number of amides is 1. The quantitative estimate of drug-likeness (QED) is 0.814. The summed E-state index contributed by atoms with van der Waals surface area (Å²) in [6.07, 6.45) is -4.83. The first-order valence-corrected chi connectivity index (χ1v) is 7.84. The summed E-state index contributed by atoms with van der Waals surface area (Å²) in [6, 6.07) is 9.96. The monoisotopic (exact) mass is 365 g/mol. The summed E-state index contributed by atoms with van der Waals surface area (Å²) in [7, 11) is 0. The highest BCUT2D eigenvalue weighted by Gasteiger charge is 2.30. The Kier molecular flexibility index (Phi) is 6.02. The summed E-state index contributed by atoms with van der Waals surface area (Å²) in [5.41, 5.74) is 1.71. The zero-order chi connectivity index (χ0) is 19.3. The number of rotatable bonds is 5. The maximum absolute atomic E-state index is 12.7. The summed E-state index contributed by atoms with van der Waals surface area (Å²) >= 11 is 0. The van der Waals surface area contributed by atoms with Crippen molar-refractivity contribution in [3.05, 3.63) is 64.7 Å². The second-order valence-electron chi connectivity index (χ2n) is 5.85. The number of nitrogens with one attached hydrogen (secondary N) is 1. The van der Waals surface area contributed by atoms with E-state index in [1.54, 1.807) is 0 Å². The van der Waals surface area contributed by atoms with Gasteiger partial charge in [0.15, 0.2) is 6.61 Å². The molecule has 2 rings (SSSR count). The number of carbonyl (C=O) groups excluding carboxylic acids is 2. The molecule has 26 heavy (non-hydrogen) atoms. The predicted molar refractivity (Wildman–Crippen MR) is 90.7 cm³/mol. The van der Waals surface area contributed by atoms with Crippen LogP contribution in [-0.4, -0.2) is 18.5 Å². The molecule has 1 N–H and O–H groups in total. The number of hydrogen-bond donors (Lipinski definition) is 1. The molecule has 1 amide bonds. The van der Waals surface area contributed by atoms with Gasteiger partial charge in [-0.15, -0.1) is 0 Å². The molecule has 0 heterocycles. The van der Waals surface area contributed by atoms with Gasteiger partial charge in [-0.1, -0.05) is 36.4 Å². The van der Waals surface area contributed by atoms with Gasteiger partial charge in [0, 0.05) is 5.69 Å². The van der Waals surface area contributed by atoms with Crippen LogP contribution >= 0.6 is 0 Å². The van der Waals surface area contributed by atoms with Crippen LogP contribution in [0.25, 0.3) is 0 Å². The van der Waals surface area contributed by atoms with Crippen molar-refractivity contribution >= 4 is 17.6 Å². The van der Waals surface area contributed by atoms with Crippen molar-refractivity contribution in [2.75, 3.05) is 11.9 Å². The number of ether oxygens (including phenoxy) is 1. The molecule has 0 aliphatic heterocycles. The molecule has 0 unspecified atom stereocenters. The molecular weight excluding hydrogens is 347 g/mol. The average Bonchev–Trinajstić information content (AvgIpc) is 2.56. The lowest BCUT2D eigenvalue weighted by Crippen LogP contribution is -2.22. The lowest BCUT2D eigenvalue weighted by molar-refractivity contribution is -0.146. The average molecular weight is 365 g/mol. The van der Waals surface area contributed by atoms with Gasteiger partial charge in [-0.25, -0.2) is 0 Å². The Morgan fingerprint density at radius 1 is 1.04 bits per heavy atom. The van der Waals surface area contributed by atoms with Gasteiger partial charge < -0.3 is 10.1 Å². The third kappa shape index (κ3) is 5.34. The van der Waals surface area contributed by atoms with E-state index in [2.05, 4.69) is 5.32 Å². The SMILES string of the molecule is Cc1cccc(C)c1NC(=O)COC(=O)Cc1cccc(C(F)(F)F)c1. The van der Waals surface area contributed by atoms with Crippen LogP contribution in [-0.2, 0) is 26.9 Å². The Balaban J connectivity index is 1.90. The van der Waals surface area contributed by atoms with Crippen LogP contribution in [0.15, 0.2) is 42.5 Å². The zero-order valence-electron chi connectivity index (χ0n) is 14.3. The minimum Gasteiger partial charge on any atom is -0.455 e. The number of hydrogen-bond acceptors (Lipinski definition) is 3. The maximum atomic E-state index is 12.7. The number of aryl methyl sites for hydroxylation is 2. The predicted octanol–water partition coefficient (Wildman–Crippen LogP) is 4.05. The first kappa shape index (κ1) is 19.5. The molecule has 0 saturated carbocycles. The molecule has 7 heteroatoms. The van der Waals surface area contributed by atoms with Gasteiger partial charge in [0.2, 0.25) is 0 Å². The minimum absolute atomic E-state index is 0.167. The van der Waals surface area contributed by atoms with Gasteiger partial charge in [-0.3, -0.25) is 9.59 Å². The zero-order valence-corrected chi connectivity index (χ0v) is 14.3. The van der Waals surface area contributed by atoms with E-state index < -0.39 is 30.2 Å². The number of anilines is 1. The van der Waals surface area contributed by atoms with E-state index in [4.69, 9.17) is 4.74 Å². The highest BCUT2D eigenvalue weighted by atomic mass is 19.4. The summed E-state index contributed by atoms with van der Waals surface area (Å²) in [6.45, 7) is 3.16. The van der Waals surface area contributed by atoms with Gasteiger partial charge in [0.05, 0.1) is 12.0 Å². The molecule has 0 aliphatic rings. The Morgan fingerprint density at radius 2 is 1.65 bits per heavy atom. The molecule has 4 nitrogen and oxygen atoms in total. The fourth-order valence-electron chi connectivity index (χ4n) is 2.41. The van der Waals surface area contributed by atoms with Crippen molar-refractivity contribution < 1.29 is 27.5 Å². The van der Waals surface area contributed by atoms with Crippen molar-refractivity contribution in [3.63, 3.8) is 0 Å². The lowest BCUT2D eigenvalue weighted by atomic mass is 10.1. The Bertz CT molecular complexity index is 796. The number of halogens is 3. The topological polar surface area (TPSA) is 55.4 Å². The van der Waals surface area contributed by atoms with Crippen LogP contribution in [0.1, 0.15) is 22.3 Å². The smallest absolute Gasteiger partial charge is 0.416 e. The van der Waals surface area contributed by atoms with Gasteiger partial charge in [-0.2, -0.15) is 13.2 Å². The molecule has 2 aromatic rings.